The number of carbonyl (C=O) groups is 1. The summed E-state index contributed by atoms with van der Waals surface area (Å²) in [5, 5.41) is 1.23. The first-order chi connectivity index (χ1) is 11.5. The molecule has 0 N–H and O–H groups in total. The van der Waals surface area contributed by atoms with Gasteiger partial charge in [0.15, 0.2) is 0 Å². The van der Waals surface area contributed by atoms with Gasteiger partial charge in [0.2, 0.25) is 5.91 Å². The van der Waals surface area contributed by atoms with Gasteiger partial charge in [-0.3, -0.25) is 9.78 Å². The lowest BCUT2D eigenvalue weighted by atomic mass is 9.97. The fourth-order valence-electron chi connectivity index (χ4n) is 3.58. The number of fused-ring (bicyclic) bond motifs is 1. The highest BCUT2D eigenvalue weighted by molar-refractivity contribution is 5.86. The number of hydrogen-bond donors (Lipinski definition) is 0. The normalized spacial score (nSPS) is 17.9. The Labute approximate surface area is 143 Å². The van der Waals surface area contributed by atoms with E-state index in [1.54, 1.807) is 7.11 Å². The molecule has 0 bridgehead atoms. The van der Waals surface area contributed by atoms with Crippen LogP contribution in [0.2, 0.25) is 0 Å². The van der Waals surface area contributed by atoms with Crippen LogP contribution in [0.15, 0.2) is 18.2 Å². The molecule has 0 radical (unpaired) electrons. The lowest BCUT2D eigenvalue weighted by molar-refractivity contribution is -0.128. The molecule has 3 rings (SSSR count). The van der Waals surface area contributed by atoms with Gasteiger partial charge < -0.3 is 9.64 Å². The Hall–Kier alpha value is -1.94. The van der Waals surface area contributed by atoms with Gasteiger partial charge in [-0.25, -0.2) is 0 Å². The van der Waals surface area contributed by atoms with E-state index in [4.69, 9.17) is 9.72 Å². The smallest absolute Gasteiger partial charge is 0.223 e. The van der Waals surface area contributed by atoms with Crippen LogP contribution in [0.1, 0.15) is 28.8 Å². The summed E-state index contributed by atoms with van der Waals surface area (Å²) < 4.78 is 5.09. The molecule has 0 spiro atoms. The average molecular weight is 326 g/mol. The maximum atomic E-state index is 12.1. The van der Waals surface area contributed by atoms with E-state index in [0.717, 1.165) is 24.2 Å². The van der Waals surface area contributed by atoms with Gasteiger partial charge in [-0.2, -0.15) is 0 Å². The summed E-state index contributed by atoms with van der Waals surface area (Å²) in [6.07, 6.45) is 1.48. The van der Waals surface area contributed by atoms with E-state index in [1.165, 1.54) is 22.1 Å². The first-order valence-corrected chi connectivity index (χ1v) is 8.62. The van der Waals surface area contributed by atoms with E-state index in [0.29, 0.717) is 25.5 Å². The lowest BCUT2D eigenvalue weighted by Gasteiger charge is -2.16. The van der Waals surface area contributed by atoms with Crippen molar-refractivity contribution in [1.82, 2.24) is 9.88 Å². The molecule has 1 amide bonds. The van der Waals surface area contributed by atoms with Gasteiger partial charge in [0.1, 0.15) is 0 Å². The summed E-state index contributed by atoms with van der Waals surface area (Å²) >= 11 is 0. The molecule has 24 heavy (non-hydrogen) atoms. The van der Waals surface area contributed by atoms with E-state index < -0.39 is 0 Å². The predicted molar refractivity (Wildman–Crippen MR) is 96.2 cm³/mol. The second-order valence-electron chi connectivity index (χ2n) is 6.94. The monoisotopic (exact) mass is 326 g/mol. The first-order valence-electron chi connectivity index (χ1n) is 8.62. The molecule has 0 unspecified atom stereocenters. The number of likely N-dealkylation sites (tertiary alicyclic amines) is 1. The van der Waals surface area contributed by atoms with E-state index in [9.17, 15) is 4.79 Å². The SMILES string of the molecule is COCCN1C[C@@H](Cc2cc(C)c3ccc(C)c(C)c3n2)CC1=O. The third kappa shape index (κ3) is 3.29. The van der Waals surface area contributed by atoms with Crippen molar-refractivity contribution >= 4 is 16.8 Å². The molecular weight excluding hydrogens is 300 g/mol. The minimum absolute atomic E-state index is 0.238. The Morgan fingerprint density at radius 3 is 2.79 bits per heavy atom. The van der Waals surface area contributed by atoms with Gasteiger partial charge in [0, 0.05) is 37.7 Å². The summed E-state index contributed by atoms with van der Waals surface area (Å²) in [4.78, 5) is 18.9. The zero-order chi connectivity index (χ0) is 17.3. The molecule has 128 valence electrons. The quantitative estimate of drug-likeness (QED) is 0.847. The van der Waals surface area contributed by atoms with Crippen LogP contribution in [0.3, 0.4) is 0 Å². The van der Waals surface area contributed by atoms with Crippen molar-refractivity contribution in [2.45, 2.75) is 33.6 Å². The second-order valence-corrected chi connectivity index (χ2v) is 6.94. The van der Waals surface area contributed by atoms with Gasteiger partial charge in [-0.1, -0.05) is 12.1 Å². The number of pyridine rings is 1. The molecule has 1 fully saturated rings. The minimum atomic E-state index is 0.238. The van der Waals surface area contributed by atoms with Crippen molar-refractivity contribution < 1.29 is 9.53 Å². The van der Waals surface area contributed by atoms with Gasteiger partial charge in [-0.15, -0.1) is 0 Å². The van der Waals surface area contributed by atoms with Gasteiger partial charge >= 0.3 is 0 Å². The topological polar surface area (TPSA) is 42.4 Å². The summed E-state index contributed by atoms with van der Waals surface area (Å²) in [6.45, 7) is 8.51. The maximum Gasteiger partial charge on any atom is 0.223 e. The molecule has 1 aromatic heterocycles. The molecule has 2 heterocycles. The lowest BCUT2D eigenvalue weighted by Crippen LogP contribution is -2.29. The Bertz CT molecular complexity index is 770. The van der Waals surface area contributed by atoms with Crippen LogP contribution >= 0.6 is 0 Å². The summed E-state index contributed by atoms with van der Waals surface area (Å²) in [5.41, 5.74) is 5.99. The van der Waals surface area contributed by atoms with Gasteiger partial charge in [0.05, 0.1) is 12.1 Å². The van der Waals surface area contributed by atoms with E-state index in [-0.39, 0.29) is 5.91 Å². The zero-order valence-electron chi connectivity index (χ0n) is 15.1. The van der Waals surface area contributed by atoms with Crippen LogP contribution in [0, 0.1) is 26.7 Å². The molecule has 2 aromatic rings. The summed E-state index contributed by atoms with van der Waals surface area (Å²) in [5.74, 6) is 0.588. The highest BCUT2D eigenvalue weighted by Crippen LogP contribution is 2.26. The molecular formula is C20H26N2O2. The number of amides is 1. The number of nitrogens with zero attached hydrogens (tertiary/aromatic N) is 2. The third-order valence-electron chi connectivity index (χ3n) is 5.12. The molecule has 0 saturated carbocycles. The van der Waals surface area contributed by atoms with Crippen molar-refractivity contribution in [1.29, 1.82) is 0 Å². The third-order valence-corrected chi connectivity index (χ3v) is 5.12. The number of benzene rings is 1. The number of ether oxygens (including phenoxy) is 1. The summed E-state index contributed by atoms with van der Waals surface area (Å²) in [6, 6.07) is 6.50. The highest BCUT2D eigenvalue weighted by Gasteiger charge is 2.29. The molecule has 4 nitrogen and oxygen atoms in total. The number of aryl methyl sites for hydroxylation is 3. The standard InChI is InChI=1S/C20H26N2O2/c1-13-5-6-18-14(2)9-17(21-20(18)15(13)3)10-16-11-19(23)22(12-16)7-8-24-4/h5-6,9,16H,7-8,10-12H2,1-4H3/t16-/m0/s1. The molecule has 4 heteroatoms. The van der Waals surface area contributed by atoms with Crippen LogP contribution in [0.4, 0.5) is 0 Å². The van der Waals surface area contributed by atoms with E-state index in [2.05, 4.69) is 39.0 Å². The maximum absolute atomic E-state index is 12.1. The predicted octanol–water partition coefficient (Wildman–Crippen LogP) is 3.20. The van der Waals surface area contributed by atoms with E-state index >= 15 is 0 Å². The fourth-order valence-corrected chi connectivity index (χ4v) is 3.58. The number of hydrogen-bond acceptors (Lipinski definition) is 3. The van der Waals surface area contributed by atoms with Crippen LogP contribution in [-0.4, -0.2) is 42.6 Å². The van der Waals surface area contributed by atoms with Crippen molar-refractivity contribution in [2.24, 2.45) is 5.92 Å². The van der Waals surface area contributed by atoms with E-state index in [1.807, 2.05) is 4.90 Å². The van der Waals surface area contributed by atoms with Crippen LogP contribution < -0.4 is 0 Å². The second kappa shape index (κ2) is 6.89. The minimum Gasteiger partial charge on any atom is -0.383 e. The van der Waals surface area contributed by atoms with Gasteiger partial charge in [-0.05, 0) is 55.9 Å². The molecule has 1 aliphatic rings. The molecule has 1 atom stereocenters. The Balaban J connectivity index is 1.81. The average Bonchev–Trinajstić information content (AvgIpc) is 2.89. The van der Waals surface area contributed by atoms with Crippen LogP contribution in [-0.2, 0) is 16.0 Å². The fraction of sp³-hybridized carbons (Fsp3) is 0.500. The molecule has 1 aromatic carbocycles. The first kappa shape index (κ1) is 16.9. The van der Waals surface area contributed by atoms with Crippen molar-refractivity contribution in [3.05, 3.63) is 40.6 Å². The van der Waals surface area contributed by atoms with Gasteiger partial charge in [0.25, 0.3) is 0 Å². The van der Waals surface area contributed by atoms with Crippen LogP contribution in [0.25, 0.3) is 10.9 Å². The van der Waals surface area contributed by atoms with Crippen molar-refractivity contribution in [2.75, 3.05) is 26.8 Å². The molecule has 1 aliphatic heterocycles. The number of methoxy groups -OCH3 is 1. The Morgan fingerprint density at radius 2 is 2.04 bits per heavy atom. The summed E-state index contributed by atoms with van der Waals surface area (Å²) in [7, 11) is 1.67. The van der Waals surface area contributed by atoms with Crippen molar-refractivity contribution in [3.8, 4) is 0 Å². The largest absolute Gasteiger partial charge is 0.383 e. The van der Waals surface area contributed by atoms with Crippen LogP contribution in [0.5, 0.6) is 0 Å². The zero-order valence-corrected chi connectivity index (χ0v) is 15.1. The molecule has 0 aliphatic carbocycles. The number of carbonyl (C=O) groups excluding carboxylic acids is 1. The van der Waals surface area contributed by atoms with Crippen molar-refractivity contribution in [3.63, 3.8) is 0 Å². The number of aromatic nitrogens is 1. The highest BCUT2D eigenvalue weighted by atomic mass is 16.5. The number of rotatable bonds is 5. The Kier molecular flexibility index (Phi) is 4.86. The molecule has 1 saturated heterocycles. The Morgan fingerprint density at radius 1 is 1.25 bits per heavy atom.